The van der Waals surface area contributed by atoms with Gasteiger partial charge in [-0.3, -0.25) is 4.79 Å². The molecule has 5 nitrogen and oxygen atoms in total. The topological polar surface area (TPSA) is 66.1 Å². The van der Waals surface area contributed by atoms with Gasteiger partial charge in [-0.25, -0.2) is 4.98 Å². The standard InChI is InChI=1S/C15H12Cl3IN4OS/c16-15(17,18)13(22-12(24)9-4-6-10(19)7-5-9)23-14(25)21-11-3-1-2-8-20-11/h1-8,13H,(H,22,24)(H2,20,21,23,25)/t13-/m1/s1. The summed E-state index contributed by atoms with van der Waals surface area (Å²) in [5.74, 6) is 0.118. The Hall–Kier alpha value is -0.870. The van der Waals surface area contributed by atoms with Crippen molar-refractivity contribution in [2.45, 2.75) is 9.96 Å². The lowest BCUT2D eigenvalue weighted by Gasteiger charge is -2.27. The molecule has 1 aromatic carbocycles. The van der Waals surface area contributed by atoms with Gasteiger partial charge < -0.3 is 16.0 Å². The number of hydrogen-bond donors (Lipinski definition) is 3. The van der Waals surface area contributed by atoms with Crippen LogP contribution in [0.3, 0.4) is 0 Å². The number of halogens is 4. The number of pyridine rings is 1. The molecule has 132 valence electrons. The van der Waals surface area contributed by atoms with E-state index in [0.29, 0.717) is 11.4 Å². The van der Waals surface area contributed by atoms with E-state index in [1.165, 1.54) is 0 Å². The molecule has 1 amide bonds. The van der Waals surface area contributed by atoms with Crippen molar-refractivity contribution in [3.8, 4) is 0 Å². The summed E-state index contributed by atoms with van der Waals surface area (Å²) in [7, 11) is 0. The second-order valence-electron chi connectivity index (χ2n) is 4.77. The Bertz CT molecular complexity index is 741. The van der Waals surface area contributed by atoms with Crippen molar-refractivity contribution in [3.05, 3.63) is 57.8 Å². The smallest absolute Gasteiger partial charge is 0.252 e. The Morgan fingerprint density at radius 3 is 2.36 bits per heavy atom. The number of carbonyl (C=O) groups excluding carboxylic acids is 1. The number of alkyl halides is 3. The molecule has 0 saturated carbocycles. The monoisotopic (exact) mass is 528 g/mol. The second-order valence-corrected chi connectivity index (χ2v) is 8.79. The molecule has 0 unspecified atom stereocenters. The van der Waals surface area contributed by atoms with Gasteiger partial charge >= 0.3 is 0 Å². The Labute approximate surface area is 179 Å². The van der Waals surface area contributed by atoms with Crippen molar-refractivity contribution in [2.24, 2.45) is 0 Å². The van der Waals surface area contributed by atoms with Crippen LogP contribution in [0.5, 0.6) is 0 Å². The molecule has 0 bridgehead atoms. The zero-order valence-corrected chi connectivity index (χ0v) is 17.7. The Balaban J connectivity index is 2.04. The highest BCUT2D eigenvalue weighted by molar-refractivity contribution is 14.1. The van der Waals surface area contributed by atoms with Crippen LogP contribution in [0.1, 0.15) is 10.4 Å². The first-order chi connectivity index (χ1) is 11.8. The molecule has 2 aromatic rings. The van der Waals surface area contributed by atoms with Gasteiger partial charge in [-0.15, -0.1) is 0 Å². The predicted molar refractivity (Wildman–Crippen MR) is 114 cm³/mol. The van der Waals surface area contributed by atoms with Crippen molar-refractivity contribution < 1.29 is 4.79 Å². The van der Waals surface area contributed by atoms with Crippen LogP contribution in [0, 0.1) is 3.57 Å². The lowest BCUT2D eigenvalue weighted by Crippen LogP contribution is -2.56. The molecule has 1 aromatic heterocycles. The third kappa shape index (κ3) is 6.74. The molecule has 3 N–H and O–H groups in total. The maximum Gasteiger partial charge on any atom is 0.252 e. The number of nitrogens with one attached hydrogen (secondary N) is 3. The van der Waals surface area contributed by atoms with E-state index in [2.05, 4.69) is 43.5 Å². The minimum Gasteiger partial charge on any atom is -0.339 e. The number of anilines is 1. The fraction of sp³-hybridized carbons (Fsp3) is 0.133. The van der Waals surface area contributed by atoms with Gasteiger partial charge in [0.05, 0.1) is 0 Å². The van der Waals surface area contributed by atoms with Crippen LogP contribution in [0.25, 0.3) is 0 Å². The number of hydrogen-bond acceptors (Lipinski definition) is 3. The van der Waals surface area contributed by atoms with Crippen LogP contribution < -0.4 is 16.0 Å². The van der Waals surface area contributed by atoms with Gasteiger partial charge in [-0.1, -0.05) is 40.9 Å². The van der Waals surface area contributed by atoms with Crippen LogP contribution in [0.2, 0.25) is 0 Å². The molecular weight excluding hydrogens is 518 g/mol. The maximum atomic E-state index is 12.3. The summed E-state index contributed by atoms with van der Waals surface area (Å²) in [5.41, 5.74) is 0.435. The molecule has 0 spiro atoms. The molecule has 0 aliphatic rings. The van der Waals surface area contributed by atoms with E-state index in [4.69, 9.17) is 47.0 Å². The molecule has 0 aliphatic carbocycles. The molecule has 1 heterocycles. The zero-order chi connectivity index (χ0) is 18.4. The number of thiocarbonyl (C=S) groups is 1. The summed E-state index contributed by atoms with van der Waals surface area (Å²) in [4.78, 5) is 16.4. The van der Waals surface area contributed by atoms with Crippen LogP contribution in [-0.2, 0) is 0 Å². The molecule has 10 heteroatoms. The van der Waals surface area contributed by atoms with E-state index in [0.717, 1.165) is 3.57 Å². The molecule has 0 saturated heterocycles. The Morgan fingerprint density at radius 2 is 1.80 bits per heavy atom. The van der Waals surface area contributed by atoms with Gasteiger partial charge in [0, 0.05) is 15.3 Å². The lowest BCUT2D eigenvalue weighted by molar-refractivity contribution is 0.0934. The SMILES string of the molecule is O=C(N[C@H](NC(=S)Nc1ccccn1)C(Cl)(Cl)Cl)c1ccc(I)cc1. The molecular formula is C15H12Cl3IN4OS. The van der Waals surface area contributed by atoms with Crippen LogP contribution in [-0.4, -0.2) is 26.0 Å². The molecule has 0 radical (unpaired) electrons. The fourth-order valence-electron chi connectivity index (χ4n) is 1.74. The van der Waals surface area contributed by atoms with Gasteiger partial charge in [0.25, 0.3) is 5.91 Å². The van der Waals surface area contributed by atoms with E-state index in [-0.39, 0.29) is 5.11 Å². The third-order valence-corrected chi connectivity index (χ3v) is 4.48. The largest absolute Gasteiger partial charge is 0.339 e. The lowest BCUT2D eigenvalue weighted by atomic mass is 10.2. The first-order valence-electron chi connectivity index (χ1n) is 6.87. The van der Waals surface area contributed by atoms with Crippen molar-refractivity contribution in [1.82, 2.24) is 15.6 Å². The van der Waals surface area contributed by atoms with E-state index >= 15 is 0 Å². The maximum absolute atomic E-state index is 12.3. The fourth-order valence-corrected chi connectivity index (χ4v) is 2.64. The van der Waals surface area contributed by atoms with Crippen LogP contribution in [0.4, 0.5) is 5.82 Å². The van der Waals surface area contributed by atoms with Crippen LogP contribution in [0.15, 0.2) is 48.7 Å². The van der Waals surface area contributed by atoms with E-state index in [1.54, 1.807) is 48.7 Å². The van der Waals surface area contributed by atoms with E-state index in [9.17, 15) is 4.79 Å². The highest BCUT2D eigenvalue weighted by atomic mass is 127. The predicted octanol–water partition coefficient (Wildman–Crippen LogP) is 4.10. The highest BCUT2D eigenvalue weighted by Gasteiger charge is 2.34. The van der Waals surface area contributed by atoms with Crippen molar-refractivity contribution in [2.75, 3.05) is 5.32 Å². The van der Waals surface area contributed by atoms with Gasteiger partial charge in [0.15, 0.2) is 5.11 Å². The minimum atomic E-state index is -1.82. The summed E-state index contributed by atoms with van der Waals surface area (Å²) in [6.07, 6.45) is 0.559. The minimum absolute atomic E-state index is 0.151. The normalized spacial score (nSPS) is 12.2. The number of aromatic nitrogens is 1. The number of rotatable bonds is 4. The summed E-state index contributed by atoms with van der Waals surface area (Å²) >= 11 is 25.2. The number of nitrogens with zero attached hydrogens (tertiary/aromatic N) is 1. The number of carbonyl (C=O) groups is 1. The summed E-state index contributed by atoms with van der Waals surface area (Å²) in [6, 6.07) is 12.3. The van der Waals surface area contributed by atoms with Gasteiger partial charge in [0.1, 0.15) is 12.0 Å². The van der Waals surface area contributed by atoms with E-state index in [1.807, 2.05) is 0 Å². The average Bonchev–Trinajstić information content (AvgIpc) is 2.54. The molecule has 25 heavy (non-hydrogen) atoms. The molecule has 2 rings (SSSR count). The molecule has 0 fully saturated rings. The number of amides is 1. The first kappa shape index (κ1) is 20.4. The quantitative estimate of drug-likeness (QED) is 0.241. The first-order valence-corrected chi connectivity index (χ1v) is 9.49. The number of benzene rings is 1. The third-order valence-electron chi connectivity index (χ3n) is 2.89. The van der Waals surface area contributed by atoms with Crippen LogP contribution >= 0.6 is 69.6 Å². The Kier molecular flexibility index (Phi) is 7.51. The zero-order valence-electron chi connectivity index (χ0n) is 12.5. The van der Waals surface area contributed by atoms with Crippen molar-refractivity contribution >= 4 is 86.4 Å². The van der Waals surface area contributed by atoms with Gasteiger partial charge in [-0.05, 0) is 71.2 Å². The molecule has 1 atom stereocenters. The second kappa shape index (κ2) is 9.18. The van der Waals surface area contributed by atoms with E-state index < -0.39 is 15.9 Å². The highest BCUT2D eigenvalue weighted by Crippen LogP contribution is 2.29. The molecule has 0 aliphatic heterocycles. The Morgan fingerprint density at radius 1 is 1.12 bits per heavy atom. The summed E-state index contributed by atoms with van der Waals surface area (Å²) < 4.78 is -0.819. The summed E-state index contributed by atoms with van der Waals surface area (Å²) in [5, 5.41) is 8.38. The van der Waals surface area contributed by atoms with Crippen molar-refractivity contribution in [3.63, 3.8) is 0 Å². The summed E-state index contributed by atoms with van der Waals surface area (Å²) in [6.45, 7) is 0. The van der Waals surface area contributed by atoms with Gasteiger partial charge in [0.2, 0.25) is 3.79 Å². The van der Waals surface area contributed by atoms with Gasteiger partial charge in [-0.2, -0.15) is 0 Å². The van der Waals surface area contributed by atoms with Crippen molar-refractivity contribution in [1.29, 1.82) is 0 Å². The average molecular weight is 530 g/mol.